The molecule has 1 aromatic heterocycles. The fourth-order valence-corrected chi connectivity index (χ4v) is 3.02. The van der Waals surface area contributed by atoms with Crippen molar-refractivity contribution in [3.8, 4) is 0 Å². The van der Waals surface area contributed by atoms with Gasteiger partial charge in [0.25, 0.3) is 0 Å². The van der Waals surface area contributed by atoms with E-state index in [-0.39, 0.29) is 0 Å². The number of hydrogen-bond donors (Lipinski definition) is 2. The standard InChI is InChI=1S/C21H33N5/c1-4-6-8-18(5-2)14-24-21(22-3)25-15-19-9-7-10-20(13-19)16-26-12-11-23-17-26/h7,9-13,17-18H,4-6,8,14-16H2,1-3H3,(H2,22,24,25). The maximum Gasteiger partial charge on any atom is 0.191 e. The molecule has 0 aliphatic heterocycles. The Labute approximate surface area is 158 Å². The summed E-state index contributed by atoms with van der Waals surface area (Å²) in [5.41, 5.74) is 2.53. The predicted octanol–water partition coefficient (Wildman–Crippen LogP) is 3.81. The molecule has 1 aromatic carbocycles. The average molecular weight is 356 g/mol. The van der Waals surface area contributed by atoms with Crippen LogP contribution in [0.5, 0.6) is 0 Å². The van der Waals surface area contributed by atoms with Gasteiger partial charge in [-0.1, -0.05) is 57.4 Å². The normalized spacial score (nSPS) is 12.8. The lowest BCUT2D eigenvalue weighted by Crippen LogP contribution is -2.39. The van der Waals surface area contributed by atoms with Crippen molar-refractivity contribution in [2.75, 3.05) is 13.6 Å². The maximum absolute atomic E-state index is 4.35. The highest BCUT2D eigenvalue weighted by Gasteiger charge is 2.07. The Kier molecular flexibility index (Phi) is 8.73. The summed E-state index contributed by atoms with van der Waals surface area (Å²) in [6, 6.07) is 8.64. The SMILES string of the molecule is CCCCC(CC)CNC(=NC)NCc1cccc(Cn2ccnc2)c1. The second-order valence-corrected chi connectivity index (χ2v) is 6.78. The van der Waals surface area contributed by atoms with E-state index >= 15 is 0 Å². The van der Waals surface area contributed by atoms with E-state index < -0.39 is 0 Å². The van der Waals surface area contributed by atoms with E-state index in [1.165, 1.54) is 36.8 Å². The molecule has 0 bridgehead atoms. The molecule has 0 spiro atoms. The molecule has 2 aromatic rings. The average Bonchev–Trinajstić information content (AvgIpc) is 3.17. The Balaban J connectivity index is 1.82. The second kappa shape index (κ2) is 11.3. The third-order valence-electron chi connectivity index (χ3n) is 4.70. The van der Waals surface area contributed by atoms with Crippen LogP contribution >= 0.6 is 0 Å². The fraction of sp³-hybridized carbons (Fsp3) is 0.524. The van der Waals surface area contributed by atoms with Gasteiger partial charge in [0, 0.05) is 39.1 Å². The van der Waals surface area contributed by atoms with Gasteiger partial charge < -0.3 is 15.2 Å². The van der Waals surface area contributed by atoms with Crippen molar-refractivity contribution < 1.29 is 0 Å². The monoisotopic (exact) mass is 355 g/mol. The summed E-state index contributed by atoms with van der Waals surface area (Å²) >= 11 is 0. The Morgan fingerprint density at radius 3 is 2.77 bits per heavy atom. The van der Waals surface area contributed by atoms with E-state index in [0.717, 1.165) is 25.6 Å². The van der Waals surface area contributed by atoms with Crippen molar-refractivity contribution >= 4 is 5.96 Å². The number of nitrogens with zero attached hydrogens (tertiary/aromatic N) is 3. The fourth-order valence-electron chi connectivity index (χ4n) is 3.02. The smallest absolute Gasteiger partial charge is 0.191 e. The molecule has 142 valence electrons. The number of guanidine groups is 1. The number of nitrogens with one attached hydrogen (secondary N) is 2. The second-order valence-electron chi connectivity index (χ2n) is 6.78. The van der Waals surface area contributed by atoms with Gasteiger partial charge in [-0.15, -0.1) is 0 Å². The number of imidazole rings is 1. The highest BCUT2D eigenvalue weighted by Crippen LogP contribution is 2.11. The summed E-state index contributed by atoms with van der Waals surface area (Å²) in [7, 11) is 1.83. The molecule has 26 heavy (non-hydrogen) atoms. The van der Waals surface area contributed by atoms with Gasteiger partial charge in [-0.25, -0.2) is 4.98 Å². The van der Waals surface area contributed by atoms with Gasteiger partial charge in [-0.2, -0.15) is 0 Å². The van der Waals surface area contributed by atoms with Crippen LogP contribution in [0, 0.1) is 5.92 Å². The number of aliphatic imine (C=N–C) groups is 1. The minimum atomic E-state index is 0.715. The summed E-state index contributed by atoms with van der Waals surface area (Å²) in [4.78, 5) is 8.45. The van der Waals surface area contributed by atoms with Gasteiger partial charge in [0.15, 0.2) is 5.96 Å². The Morgan fingerprint density at radius 2 is 2.08 bits per heavy atom. The third kappa shape index (κ3) is 6.90. The molecule has 0 saturated carbocycles. The van der Waals surface area contributed by atoms with Crippen molar-refractivity contribution in [3.05, 3.63) is 54.1 Å². The van der Waals surface area contributed by atoms with E-state index in [9.17, 15) is 0 Å². The minimum Gasteiger partial charge on any atom is -0.356 e. The molecule has 5 heteroatoms. The van der Waals surface area contributed by atoms with Crippen molar-refractivity contribution in [2.45, 2.75) is 52.6 Å². The first kappa shape index (κ1) is 20.0. The van der Waals surface area contributed by atoms with Crippen molar-refractivity contribution in [1.29, 1.82) is 0 Å². The summed E-state index contributed by atoms with van der Waals surface area (Å²) < 4.78 is 2.08. The summed E-state index contributed by atoms with van der Waals surface area (Å²) in [6.07, 6.45) is 10.7. The summed E-state index contributed by atoms with van der Waals surface area (Å²) in [6.45, 7) is 7.11. The van der Waals surface area contributed by atoms with Crippen LogP contribution in [0.25, 0.3) is 0 Å². The largest absolute Gasteiger partial charge is 0.356 e. The molecule has 5 nitrogen and oxygen atoms in total. The molecular weight excluding hydrogens is 322 g/mol. The molecule has 1 atom stereocenters. The molecule has 0 aliphatic rings. The number of aromatic nitrogens is 2. The van der Waals surface area contributed by atoms with Crippen LogP contribution in [0.1, 0.15) is 50.7 Å². The van der Waals surface area contributed by atoms with Crippen molar-refractivity contribution in [3.63, 3.8) is 0 Å². The van der Waals surface area contributed by atoms with E-state index in [1.807, 2.05) is 25.8 Å². The quantitative estimate of drug-likeness (QED) is 0.503. The Morgan fingerprint density at radius 1 is 1.23 bits per heavy atom. The zero-order valence-electron chi connectivity index (χ0n) is 16.4. The van der Waals surface area contributed by atoms with Gasteiger partial charge in [0.05, 0.1) is 6.33 Å². The molecule has 0 radical (unpaired) electrons. The van der Waals surface area contributed by atoms with Gasteiger partial charge >= 0.3 is 0 Å². The molecule has 0 aliphatic carbocycles. The number of benzene rings is 1. The minimum absolute atomic E-state index is 0.715. The van der Waals surface area contributed by atoms with Gasteiger partial charge in [0.1, 0.15) is 0 Å². The summed E-state index contributed by atoms with van der Waals surface area (Å²) in [5.74, 6) is 1.59. The Hall–Kier alpha value is -2.30. The number of rotatable bonds is 10. The zero-order chi connectivity index (χ0) is 18.6. The van der Waals surface area contributed by atoms with Gasteiger partial charge in [0.2, 0.25) is 0 Å². The van der Waals surface area contributed by atoms with Crippen LogP contribution in [-0.2, 0) is 13.1 Å². The molecule has 2 N–H and O–H groups in total. The zero-order valence-corrected chi connectivity index (χ0v) is 16.4. The summed E-state index contributed by atoms with van der Waals surface area (Å²) in [5, 5.41) is 6.90. The highest BCUT2D eigenvalue weighted by atomic mass is 15.2. The highest BCUT2D eigenvalue weighted by molar-refractivity contribution is 5.79. The first-order valence-electron chi connectivity index (χ1n) is 9.73. The topological polar surface area (TPSA) is 54.2 Å². The van der Waals surface area contributed by atoms with Crippen LogP contribution in [0.3, 0.4) is 0 Å². The first-order chi connectivity index (χ1) is 12.7. The molecule has 1 heterocycles. The van der Waals surface area contributed by atoms with E-state index in [2.05, 4.69) is 63.3 Å². The van der Waals surface area contributed by atoms with Gasteiger partial charge in [-0.3, -0.25) is 4.99 Å². The van der Waals surface area contributed by atoms with Crippen molar-refractivity contribution in [1.82, 2.24) is 20.2 Å². The lowest BCUT2D eigenvalue weighted by Gasteiger charge is -2.18. The number of hydrogen-bond acceptors (Lipinski definition) is 2. The van der Waals surface area contributed by atoms with E-state index in [4.69, 9.17) is 0 Å². The van der Waals surface area contributed by atoms with Crippen LogP contribution in [0.15, 0.2) is 48.0 Å². The maximum atomic E-state index is 4.35. The van der Waals surface area contributed by atoms with Gasteiger partial charge in [-0.05, 0) is 23.5 Å². The molecule has 0 amide bonds. The van der Waals surface area contributed by atoms with Crippen molar-refractivity contribution in [2.24, 2.45) is 10.9 Å². The molecule has 1 unspecified atom stereocenters. The first-order valence-corrected chi connectivity index (χ1v) is 9.73. The third-order valence-corrected chi connectivity index (χ3v) is 4.70. The molecule has 2 rings (SSSR count). The number of unbranched alkanes of at least 4 members (excludes halogenated alkanes) is 1. The Bertz CT molecular complexity index is 648. The van der Waals surface area contributed by atoms with Crippen LogP contribution in [-0.4, -0.2) is 29.1 Å². The lowest BCUT2D eigenvalue weighted by atomic mass is 9.99. The van der Waals surface area contributed by atoms with E-state index in [0.29, 0.717) is 5.92 Å². The van der Waals surface area contributed by atoms with Crippen LogP contribution in [0.4, 0.5) is 0 Å². The van der Waals surface area contributed by atoms with Crippen LogP contribution < -0.4 is 10.6 Å². The van der Waals surface area contributed by atoms with E-state index in [1.54, 1.807) is 0 Å². The molecular formula is C21H33N5. The molecule has 0 saturated heterocycles. The molecule has 0 fully saturated rings. The lowest BCUT2D eigenvalue weighted by molar-refractivity contribution is 0.443. The van der Waals surface area contributed by atoms with Crippen LogP contribution in [0.2, 0.25) is 0 Å². The predicted molar refractivity (Wildman–Crippen MR) is 109 cm³/mol.